The van der Waals surface area contributed by atoms with E-state index < -0.39 is 29.3 Å². The van der Waals surface area contributed by atoms with Crippen molar-refractivity contribution in [1.29, 1.82) is 0 Å². The Bertz CT molecular complexity index is 769. The van der Waals surface area contributed by atoms with E-state index in [9.17, 15) is 14.4 Å². The van der Waals surface area contributed by atoms with Crippen molar-refractivity contribution in [3.63, 3.8) is 0 Å². The molecule has 1 aliphatic rings. The van der Waals surface area contributed by atoms with E-state index in [-0.39, 0.29) is 4.91 Å². The normalized spacial score (nSPS) is 16.3. The van der Waals surface area contributed by atoms with Gasteiger partial charge in [0.05, 0.1) is 11.5 Å². The number of nitrogens with zero attached hydrogens (tertiary/aromatic N) is 1. The zero-order valence-corrected chi connectivity index (χ0v) is 16.6. The minimum Gasteiger partial charge on any atom is -0.493 e. The van der Waals surface area contributed by atoms with Gasteiger partial charge in [-0.15, -0.1) is 0 Å². The maximum Gasteiger partial charge on any atom is 0.326 e. The highest BCUT2D eigenvalue weighted by molar-refractivity contribution is 8.18. The summed E-state index contributed by atoms with van der Waals surface area (Å²) in [6.07, 6.45) is 1.54. The lowest BCUT2D eigenvalue weighted by atomic mass is 10.2. The second-order valence-corrected chi connectivity index (χ2v) is 7.90. The Kier molecular flexibility index (Phi) is 6.36. The molecule has 0 N–H and O–H groups in total. The first kappa shape index (κ1) is 20.3. The molecule has 0 radical (unpaired) electrons. The number of carbonyl (C=O) groups is 3. The van der Waals surface area contributed by atoms with Gasteiger partial charge in [-0.05, 0) is 63.7 Å². The second-order valence-electron chi connectivity index (χ2n) is 6.47. The number of halogens is 1. The number of amides is 2. The highest BCUT2D eigenvalue weighted by Gasteiger charge is 2.37. The summed E-state index contributed by atoms with van der Waals surface area (Å²) in [6, 6.07) is 5.02. The summed E-state index contributed by atoms with van der Waals surface area (Å²) in [5.41, 5.74) is -0.107. The molecule has 2 amide bonds. The summed E-state index contributed by atoms with van der Waals surface area (Å²) in [5.74, 6) is -0.636. The van der Waals surface area contributed by atoms with Crippen molar-refractivity contribution in [2.75, 3.05) is 13.2 Å². The lowest BCUT2D eigenvalue weighted by Gasteiger charge is -2.21. The quantitative estimate of drug-likeness (QED) is 0.549. The lowest BCUT2D eigenvalue weighted by Crippen LogP contribution is -2.37. The van der Waals surface area contributed by atoms with Crippen LogP contribution in [0.25, 0.3) is 6.08 Å². The van der Waals surface area contributed by atoms with Gasteiger partial charge in [0.15, 0.2) is 0 Å². The minimum absolute atomic E-state index is 0.196. The van der Waals surface area contributed by atoms with Gasteiger partial charge in [0.2, 0.25) is 0 Å². The summed E-state index contributed by atoms with van der Waals surface area (Å²) in [4.78, 5) is 37.6. The van der Waals surface area contributed by atoms with Crippen LogP contribution < -0.4 is 4.74 Å². The Labute approximate surface area is 161 Å². The van der Waals surface area contributed by atoms with Crippen molar-refractivity contribution in [2.45, 2.75) is 33.3 Å². The first-order valence-corrected chi connectivity index (χ1v) is 9.19. The van der Waals surface area contributed by atoms with Crippen LogP contribution in [0, 0.1) is 0 Å². The van der Waals surface area contributed by atoms with E-state index in [1.54, 1.807) is 39.0 Å². The molecule has 0 unspecified atom stereocenters. The molecule has 0 saturated carbocycles. The minimum atomic E-state index is -0.693. The number of imide groups is 1. The van der Waals surface area contributed by atoms with Gasteiger partial charge < -0.3 is 9.47 Å². The molecule has 0 spiro atoms. The van der Waals surface area contributed by atoms with Crippen LogP contribution in [0.3, 0.4) is 0 Å². The number of ether oxygens (including phenoxy) is 2. The van der Waals surface area contributed by atoms with Crippen molar-refractivity contribution in [3.8, 4) is 5.75 Å². The van der Waals surface area contributed by atoms with E-state index in [4.69, 9.17) is 21.1 Å². The van der Waals surface area contributed by atoms with Crippen LogP contribution in [-0.2, 0) is 14.3 Å². The monoisotopic (exact) mass is 397 g/mol. The van der Waals surface area contributed by atoms with Crippen LogP contribution in [0.1, 0.15) is 33.3 Å². The predicted molar refractivity (Wildman–Crippen MR) is 101 cm³/mol. The molecular weight excluding hydrogens is 378 g/mol. The van der Waals surface area contributed by atoms with E-state index in [0.717, 1.165) is 16.7 Å². The SMILES string of the molecule is CCOc1ccc(Cl)cc1/C=C1/SC(=O)N(CC(=O)OC(C)(C)C)C1=O. The molecule has 0 atom stereocenters. The van der Waals surface area contributed by atoms with E-state index in [0.29, 0.717) is 22.9 Å². The maximum absolute atomic E-state index is 12.5. The Hall–Kier alpha value is -1.99. The molecule has 1 aromatic carbocycles. The van der Waals surface area contributed by atoms with Crippen molar-refractivity contribution < 1.29 is 23.9 Å². The Morgan fingerprint density at radius 3 is 2.62 bits per heavy atom. The van der Waals surface area contributed by atoms with Gasteiger partial charge in [0.1, 0.15) is 17.9 Å². The number of hydrogen-bond acceptors (Lipinski definition) is 6. The molecule has 2 rings (SSSR count). The highest BCUT2D eigenvalue weighted by atomic mass is 35.5. The van der Waals surface area contributed by atoms with E-state index in [1.807, 2.05) is 6.92 Å². The molecule has 1 aliphatic heterocycles. The van der Waals surface area contributed by atoms with Crippen LogP contribution in [0.4, 0.5) is 4.79 Å². The highest BCUT2D eigenvalue weighted by Crippen LogP contribution is 2.34. The fraction of sp³-hybridized carbons (Fsp3) is 0.389. The summed E-state index contributed by atoms with van der Waals surface area (Å²) in [7, 11) is 0. The van der Waals surface area contributed by atoms with E-state index >= 15 is 0 Å². The Morgan fingerprint density at radius 1 is 1.31 bits per heavy atom. The first-order chi connectivity index (χ1) is 12.1. The molecule has 0 bridgehead atoms. The van der Waals surface area contributed by atoms with E-state index in [1.165, 1.54) is 6.08 Å². The lowest BCUT2D eigenvalue weighted by molar-refractivity contribution is -0.156. The average molecular weight is 398 g/mol. The topological polar surface area (TPSA) is 72.9 Å². The number of thioether (sulfide) groups is 1. The number of hydrogen-bond donors (Lipinski definition) is 0. The Balaban J connectivity index is 2.22. The first-order valence-electron chi connectivity index (χ1n) is 8.00. The predicted octanol–water partition coefficient (Wildman–Crippen LogP) is 4.12. The zero-order chi connectivity index (χ0) is 19.5. The van der Waals surface area contributed by atoms with Crippen molar-refractivity contribution in [2.24, 2.45) is 0 Å². The van der Waals surface area contributed by atoms with Gasteiger partial charge >= 0.3 is 5.97 Å². The van der Waals surface area contributed by atoms with Gasteiger partial charge in [0.25, 0.3) is 11.1 Å². The Morgan fingerprint density at radius 2 is 2.00 bits per heavy atom. The van der Waals surface area contributed by atoms with Crippen LogP contribution >= 0.6 is 23.4 Å². The van der Waals surface area contributed by atoms with Gasteiger partial charge in [0, 0.05) is 10.6 Å². The third-order valence-corrected chi connectivity index (χ3v) is 4.28. The average Bonchev–Trinajstić information content (AvgIpc) is 2.76. The third-order valence-electron chi connectivity index (χ3n) is 3.14. The summed E-state index contributed by atoms with van der Waals surface area (Å²) in [6.45, 7) is 7.01. The molecule has 0 aromatic heterocycles. The zero-order valence-electron chi connectivity index (χ0n) is 15.0. The standard InChI is InChI=1S/C18H20ClNO5S/c1-5-24-13-7-6-12(19)8-11(13)9-14-16(22)20(17(23)26-14)10-15(21)25-18(2,3)4/h6-9H,5,10H2,1-4H3/b14-9+. The second kappa shape index (κ2) is 8.14. The van der Waals surface area contributed by atoms with Crippen LogP contribution in [-0.4, -0.2) is 40.8 Å². The molecule has 140 valence electrons. The van der Waals surface area contributed by atoms with Gasteiger partial charge in [-0.2, -0.15) is 0 Å². The van der Waals surface area contributed by atoms with Gasteiger partial charge in [-0.25, -0.2) is 0 Å². The van der Waals surface area contributed by atoms with E-state index in [2.05, 4.69) is 0 Å². The van der Waals surface area contributed by atoms with Crippen molar-refractivity contribution in [3.05, 3.63) is 33.7 Å². The molecule has 26 heavy (non-hydrogen) atoms. The van der Waals surface area contributed by atoms with Crippen LogP contribution in [0.2, 0.25) is 5.02 Å². The van der Waals surface area contributed by atoms with Crippen molar-refractivity contribution in [1.82, 2.24) is 4.90 Å². The molecule has 6 nitrogen and oxygen atoms in total. The number of carbonyl (C=O) groups excluding carboxylic acids is 3. The molecule has 0 aliphatic carbocycles. The van der Waals surface area contributed by atoms with Crippen molar-refractivity contribution >= 4 is 46.6 Å². The van der Waals surface area contributed by atoms with Gasteiger partial charge in [-0.1, -0.05) is 11.6 Å². The fourth-order valence-corrected chi connectivity index (χ4v) is 3.21. The third kappa shape index (κ3) is 5.25. The number of esters is 1. The molecule has 1 aromatic rings. The fourth-order valence-electron chi connectivity index (χ4n) is 2.20. The molecule has 8 heteroatoms. The largest absolute Gasteiger partial charge is 0.493 e. The molecule has 1 saturated heterocycles. The van der Waals surface area contributed by atoms with Crippen LogP contribution in [0.15, 0.2) is 23.1 Å². The van der Waals surface area contributed by atoms with Crippen LogP contribution in [0.5, 0.6) is 5.75 Å². The number of rotatable bonds is 5. The summed E-state index contributed by atoms with van der Waals surface area (Å²) in [5, 5.41) is -0.0419. The maximum atomic E-state index is 12.5. The molecular formula is C18H20ClNO5S. The van der Waals surface area contributed by atoms with Gasteiger partial charge in [-0.3, -0.25) is 19.3 Å². The summed E-state index contributed by atoms with van der Waals surface area (Å²) < 4.78 is 10.7. The molecule has 1 fully saturated rings. The number of benzene rings is 1. The molecule has 1 heterocycles. The smallest absolute Gasteiger partial charge is 0.326 e. The summed E-state index contributed by atoms with van der Waals surface area (Å²) >= 11 is 6.77.